The minimum Gasteiger partial charge on any atom is -0.444 e. The van der Waals surface area contributed by atoms with Gasteiger partial charge >= 0.3 is 6.09 Å². The summed E-state index contributed by atoms with van der Waals surface area (Å²) in [5.41, 5.74) is 0.147. The molecule has 0 aromatic carbocycles. The number of ether oxygens (including phenoxy) is 1. The summed E-state index contributed by atoms with van der Waals surface area (Å²) >= 11 is 1.58. The molecule has 1 aromatic heterocycles. The Labute approximate surface area is 135 Å². The predicted octanol–water partition coefficient (Wildman–Crippen LogP) is 3.30. The summed E-state index contributed by atoms with van der Waals surface area (Å²) in [7, 11) is 0. The third-order valence-electron chi connectivity index (χ3n) is 3.28. The molecule has 1 aliphatic rings. The van der Waals surface area contributed by atoms with Gasteiger partial charge in [-0.3, -0.25) is 0 Å². The number of thioether (sulfide) groups is 1. The number of carbonyl (C=O) groups is 1. The first-order chi connectivity index (χ1) is 10.4. The Balaban J connectivity index is 1.84. The second-order valence-electron chi connectivity index (χ2n) is 6.36. The van der Waals surface area contributed by atoms with Crippen LogP contribution in [0.3, 0.4) is 0 Å². The van der Waals surface area contributed by atoms with E-state index < -0.39 is 5.60 Å². The molecule has 5 nitrogen and oxygen atoms in total. The number of aromatic nitrogens is 1. The number of amides is 1. The summed E-state index contributed by atoms with van der Waals surface area (Å²) < 4.78 is 5.39. The van der Waals surface area contributed by atoms with Gasteiger partial charge in [0.15, 0.2) is 0 Å². The maximum absolute atomic E-state index is 12.0. The molecule has 1 saturated heterocycles. The first-order valence-corrected chi connectivity index (χ1v) is 8.33. The number of nitriles is 1. The van der Waals surface area contributed by atoms with E-state index in [9.17, 15) is 4.79 Å². The summed E-state index contributed by atoms with van der Waals surface area (Å²) in [5, 5.41) is 9.83. The highest BCUT2D eigenvalue weighted by molar-refractivity contribution is 7.99. The van der Waals surface area contributed by atoms with E-state index in [2.05, 4.69) is 11.1 Å². The van der Waals surface area contributed by atoms with E-state index in [0.29, 0.717) is 18.0 Å². The molecule has 1 aliphatic heterocycles. The summed E-state index contributed by atoms with van der Waals surface area (Å²) in [6.07, 6.45) is 2.42. The maximum atomic E-state index is 12.0. The van der Waals surface area contributed by atoms with Crippen LogP contribution in [0.5, 0.6) is 0 Å². The lowest BCUT2D eigenvalue weighted by molar-refractivity contribution is 0.0289. The van der Waals surface area contributed by atoms with Crippen LogP contribution >= 0.6 is 11.8 Å². The first kappa shape index (κ1) is 16.6. The zero-order valence-corrected chi connectivity index (χ0v) is 14.0. The lowest BCUT2D eigenvalue weighted by atomic mass is 10.2. The topological polar surface area (TPSA) is 66.2 Å². The van der Waals surface area contributed by atoms with Gasteiger partial charge in [-0.2, -0.15) is 5.26 Å². The van der Waals surface area contributed by atoms with Crippen molar-refractivity contribution in [3.8, 4) is 6.07 Å². The molecule has 1 amide bonds. The molecule has 22 heavy (non-hydrogen) atoms. The zero-order valence-electron chi connectivity index (χ0n) is 13.2. The highest BCUT2D eigenvalue weighted by Gasteiger charge is 2.29. The molecule has 1 aromatic rings. The van der Waals surface area contributed by atoms with Crippen molar-refractivity contribution in [2.24, 2.45) is 5.92 Å². The van der Waals surface area contributed by atoms with E-state index in [1.807, 2.05) is 20.8 Å². The Morgan fingerprint density at radius 3 is 3.05 bits per heavy atom. The van der Waals surface area contributed by atoms with Gasteiger partial charge in [0.2, 0.25) is 0 Å². The van der Waals surface area contributed by atoms with Crippen LogP contribution in [0, 0.1) is 17.2 Å². The fraction of sp³-hybridized carbons (Fsp3) is 0.562. The Kier molecular flexibility index (Phi) is 5.30. The normalized spacial score (nSPS) is 18.1. The Morgan fingerprint density at radius 2 is 2.36 bits per heavy atom. The smallest absolute Gasteiger partial charge is 0.410 e. The standard InChI is InChI=1S/C16H21N3O2S/c1-16(2,3)21-15(20)19-8-6-12(10-19)11-22-14-13(9-17)5-4-7-18-14/h4-5,7,12H,6,8,10-11H2,1-3H3/t12-/m0/s1. The molecular weight excluding hydrogens is 298 g/mol. The fourth-order valence-corrected chi connectivity index (χ4v) is 3.32. The minimum absolute atomic E-state index is 0.240. The van der Waals surface area contributed by atoms with Crippen LogP contribution in [0.2, 0.25) is 0 Å². The summed E-state index contributed by atoms with van der Waals surface area (Å²) in [4.78, 5) is 18.0. The number of hydrogen-bond acceptors (Lipinski definition) is 5. The lowest BCUT2D eigenvalue weighted by Gasteiger charge is -2.24. The predicted molar refractivity (Wildman–Crippen MR) is 85.6 cm³/mol. The Morgan fingerprint density at radius 1 is 1.59 bits per heavy atom. The lowest BCUT2D eigenvalue weighted by Crippen LogP contribution is -2.35. The number of hydrogen-bond donors (Lipinski definition) is 0. The van der Waals surface area contributed by atoms with Crippen molar-refractivity contribution in [1.29, 1.82) is 5.26 Å². The molecule has 0 spiro atoms. The zero-order chi connectivity index (χ0) is 16.2. The fourth-order valence-electron chi connectivity index (χ4n) is 2.25. The third-order valence-corrected chi connectivity index (χ3v) is 4.52. The summed E-state index contributed by atoms with van der Waals surface area (Å²) in [5.74, 6) is 1.26. The quantitative estimate of drug-likeness (QED) is 0.800. The average molecular weight is 319 g/mol. The van der Waals surface area contributed by atoms with Crippen molar-refractivity contribution < 1.29 is 9.53 Å². The Bertz CT molecular complexity index is 577. The van der Waals surface area contributed by atoms with Gasteiger partial charge in [0.1, 0.15) is 16.7 Å². The monoisotopic (exact) mass is 319 g/mol. The molecule has 6 heteroatoms. The number of carbonyl (C=O) groups excluding carboxylic acids is 1. The van der Waals surface area contributed by atoms with Crippen molar-refractivity contribution >= 4 is 17.9 Å². The van der Waals surface area contributed by atoms with Crippen molar-refractivity contribution in [3.05, 3.63) is 23.9 Å². The second-order valence-corrected chi connectivity index (χ2v) is 7.37. The van der Waals surface area contributed by atoms with E-state index in [-0.39, 0.29) is 6.09 Å². The highest BCUT2D eigenvalue weighted by Crippen LogP contribution is 2.27. The number of nitrogens with zero attached hydrogens (tertiary/aromatic N) is 3. The molecule has 0 saturated carbocycles. The SMILES string of the molecule is CC(C)(C)OC(=O)N1CC[C@H](CSc2ncccc2C#N)C1. The average Bonchev–Trinajstić information content (AvgIpc) is 2.92. The molecular formula is C16H21N3O2S. The molecule has 0 radical (unpaired) electrons. The minimum atomic E-state index is -0.459. The number of pyridine rings is 1. The molecule has 2 rings (SSSR count). The van der Waals surface area contributed by atoms with Gasteiger partial charge in [-0.25, -0.2) is 9.78 Å². The van der Waals surface area contributed by atoms with Gasteiger partial charge in [-0.15, -0.1) is 11.8 Å². The van der Waals surface area contributed by atoms with Crippen LogP contribution in [0.4, 0.5) is 4.79 Å². The number of rotatable bonds is 3. The summed E-state index contributed by atoms with van der Waals surface area (Å²) in [6, 6.07) is 5.70. The van der Waals surface area contributed by atoms with Crippen molar-refractivity contribution in [3.63, 3.8) is 0 Å². The van der Waals surface area contributed by atoms with Gasteiger partial charge in [-0.1, -0.05) is 0 Å². The molecule has 118 valence electrons. The molecule has 1 fully saturated rings. The van der Waals surface area contributed by atoms with Crippen molar-refractivity contribution in [1.82, 2.24) is 9.88 Å². The maximum Gasteiger partial charge on any atom is 0.410 e. The third kappa shape index (κ3) is 4.63. The van der Waals surface area contributed by atoms with E-state index in [0.717, 1.165) is 23.7 Å². The van der Waals surface area contributed by atoms with E-state index in [1.54, 1.807) is 35.0 Å². The van der Waals surface area contributed by atoms with Crippen molar-refractivity contribution in [2.45, 2.75) is 37.8 Å². The van der Waals surface area contributed by atoms with E-state index in [4.69, 9.17) is 10.00 Å². The molecule has 2 heterocycles. The molecule has 0 unspecified atom stereocenters. The number of likely N-dealkylation sites (tertiary alicyclic amines) is 1. The van der Waals surface area contributed by atoms with E-state index >= 15 is 0 Å². The van der Waals surface area contributed by atoms with Gasteiger partial charge in [0, 0.05) is 25.0 Å². The van der Waals surface area contributed by atoms with Gasteiger partial charge in [0.25, 0.3) is 0 Å². The second kappa shape index (κ2) is 7.01. The van der Waals surface area contributed by atoms with Crippen LogP contribution < -0.4 is 0 Å². The Hall–Kier alpha value is -1.74. The molecule has 0 N–H and O–H groups in total. The molecule has 0 bridgehead atoms. The van der Waals surface area contributed by atoms with Crippen LogP contribution in [0.1, 0.15) is 32.8 Å². The van der Waals surface area contributed by atoms with Gasteiger partial charge < -0.3 is 9.64 Å². The van der Waals surface area contributed by atoms with Gasteiger partial charge in [0.05, 0.1) is 5.56 Å². The van der Waals surface area contributed by atoms with Gasteiger partial charge in [-0.05, 0) is 45.2 Å². The van der Waals surface area contributed by atoms with E-state index in [1.165, 1.54) is 0 Å². The van der Waals surface area contributed by atoms with Crippen LogP contribution in [0.25, 0.3) is 0 Å². The molecule has 0 aliphatic carbocycles. The molecule has 1 atom stereocenters. The largest absolute Gasteiger partial charge is 0.444 e. The summed E-state index contributed by atoms with van der Waals surface area (Å²) in [6.45, 7) is 7.06. The van der Waals surface area contributed by atoms with Crippen LogP contribution in [0.15, 0.2) is 23.4 Å². The highest BCUT2D eigenvalue weighted by atomic mass is 32.2. The first-order valence-electron chi connectivity index (χ1n) is 7.35. The van der Waals surface area contributed by atoms with Crippen LogP contribution in [-0.4, -0.2) is 40.4 Å². The van der Waals surface area contributed by atoms with Crippen molar-refractivity contribution in [2.75, 3.05) is 18.8 Å². The van der Waals surface area contributed by atoms with Crippen LogP contribution in [-0.2, 0) is 4.74 Å².